The van der Waals surface area contributed by atoms with E-state index in [1.54, 1.807) is 19.2 Å². The predicted octanol–water partition coefficient (Wildman–Crippen LogP) is 1.15. The zero-order valence-electron chi connectivity index (χ0n) is 12.0. The number of hydrogen-bond donors (Lipinski definition) is 1. The van der Waals surface area contributed by atoms with Gasteiger partial charge in [0, 0.05) is 19.3 Å². The van der Waals surface area contributed by atoms with E-state index in [-0.39, 0.29) is 4.90 Å². The molecule has 1 rings (SSSR count). The zero-order valence-corrected chi connectivity index (χ0v) is 12.9. The first-order chi connectivity index (χ1) is 8.73. The third-order valence-electron chi connectivity index (χ3n) is 2.86. The van der Waals surface area contributed by atoms with Gasteiger partial charge in [0.05, 0.1) is 4.90 Å². The van der Waals surface area contributed by atoms with Gasteiger partial charge in [-0.3, -0.25) is 0 Å². The van der Waals surface area contributed by atoms with E-state index in [2.05, 4.69) is 0 Å². The third-order valence-corrected chi connectivity index (χ3v) is 4.69. The molecule has 0 amide bonds. The molecule has 0 fully saturated rings. The van der Waals surface area contributed by atoms with Crippen LogP contribution in [0.1, 0.15) is 12.0 Å². The van der Waals surface area contributed by atoms with Crippen LogP contribution in [-0.4, -0.2) is 51.9 Å². The maximum absolute atomic E-state index is 12.4. The van der Waals surface area contributed by atoms with Crippen LogP contribution in [0.15, 0.2) is 23.1 Å². The molecule has 0 saturated heterocycles. The van der Waals surface area contributed by atoms with Gasteiger partial charge in [-0.15, -0.1) is 0 Å². The molecule has 0 aromatic heterocycles. The molecule has 6 heteroatoms. The molecule has 1 aromatic rings. The van der Waals surface area contributed by atoms with Crippen LogP contribution in [0, 0.1) is 6.92 Å². The summed E-state index contributed by atoms with van der Waals surface area (Å²) < 4.78 is 26.1. The molecular formula is C13H23N3O2S. The standard InChI is InChI=1S/C13H23N3O2S/c1-11-8-12(14)10-13(9-11)19(17,18)16(4)7-5-6-15(2)3/h8-10H,5-7,14H2,1-4H3. The van der Waals surface area contributed by atoms with Gasteiger partial charge in [0.1, 0.15) is 0 Å². The lowest BCUT2D eigenvalue weighted by atomic mass is 10.2. The number of nitrogen functional groups attached to an aromatic ring is 1. The molecule has 0 unspecified atom stereocenters. The minimum Gasteiger partial charge on any atom is -0.399 e. The van der Waals surface area contributed by atoms with E-state index in [1.807, 2.05) is 25.9 Å². The quantitative estimate of drug-likeness (QED) is 0.796. The highest BCUT2D eigenvalue weighted by Gasteiger charge is 2.20. The van der Waals surface area contributed by atoms with Gasteiger partial charge in [-0.1, -0.05) is 0 Å². The number of hydrogen-bond acceptors (Lipinski definition) is 4. The van der Waals surface area contributed by atoms with Gasteiger partial charge in [-0.25, -0.2) is 12.7 Å². The fraction of sp³-hybridized carbons (Fsp3) is 0.538. The predicted molar refractivity (Wildman–Crippen MR) is 78.6 cm³/mol. The molecule has 108 valence electrons. The molecule has 0 aliphatic heterocycles. The number of aryl methyl sites for hydroxylation is 1. The lowest BCUT2D eigenvalue weighted by Gasteiger charge is -2.19. The summed E-state index contributed by atoms with van der Waals surface area (Å²) in [5.41, 5.74) is 7.03. The lowest BCUT2D eigenvalue weighted by Crippen LogP contribution is -2.30. The molecule has 19 heavy (non-hydrogen) atoms. The first-order valence-electron chi connectivity index (χ1n) is 6.21. The molecule has 0 aliphatic rings. The smallest absolute Gasteiger partial charge is 0.242 e. The molecular weight excluding hydrogens is 262 g/mol. The van der Waals surface area contributed by atoms with Crippen molar-refractivity contribution >= 4 is 15.7 Å². The van der Waals surface area contributed by atoms with Crippen LogP contribution in [0.2, 0.25) is 0 Å². The van der Waals surface area contributed by atoms with Crippen molar-refractivity contribution in [3.8, 4) is 0 Å². The Kier molecular flexibility index (Phi) is 5.34. The molecule has 0 radical (unpaired) electrons. The van der Waals surface area contributed by atoms with Gasteiger partial charge in [-0.05, 0) is 57.7 Å². The van der Waals surface area contributed by atoms with Crippen LogP contribution in [0.25, 0.3) is 0 Å². The molecule has 0 spiro atoms. The third kappa shape index (κ3) is 4.49. The average molecular weight is 285 g/mol. The Labute approximate surface area is 116 Å². The van der Waals surface area contributed by atoms with Gasteiger partial charge < -0.3 is 10.6 Å². The number of anilines is 1. The Morgan fingerprint density at radius 1 is 1.11 bits per heavy atom. The minimum absolute atomic E-state index is 0.261. The minimum atomic E-state index is -3.45. The largest absolute Gasteiger partial charge is 0.399 e. The Hall–Kier alpha value is -1.11. The summed E-state index contributed by atoms with van der Waals surface area (Å²) >= 11 is 0. The topological polar surface area (TPSA) is 66.6 Å². The monoisotopic (exact) mass is 285 g/mol. The van der Waals surface area contributed by atoms with Crippen molar-refractivity contribution in [1.82, 2.24) is 9.21 Å². The molecule has 2 N–H and O–H groups in total. The molecule has 0 heterocycles. The van der Waals surface area contributed by atoms with Gasteiger partial charge in [0.25, 0.3) is 0 Å². The van der Waals surface area contributed by atoms with Gasteiger partial charge >= 0.3 is 0 Å². The van der Waals surface area contributed by atoms with E-state index in [1.165, 1.54) is 10.4 Å². The highest BCUT2D eigenvalue weighted by atomic mass is 32.2. The number of sulfonamides is 1. The fourth-order valence-corrected chi connectivity index (χ4v) is 3.18. The van der Waals surface area contributed by atoms with E-state index >= 15 is 0 Å². The Morgan fingerprint density at radius 3 is 2.26 bits per heavy atom. The van der Waals surface area contributed by atoms with E-state index in [9.17, 15) is 8.42 Å². The first kappa shape index (κ1) is 15.9. The Balaban J connectivity index is 2.84. The van der Waals surface area contributed by atoms with Gasteiger partial charge in [-0.2, -0.15) is 0 Å². The van der Waals surface area contributed by atoms with Crippen molar-refractivity contribution in [1.29, 1.82) is 0 Å². The molecule has 0 bridgehead atoms. The Bertz CT molecular complexity index is 506. The second-order valence-electron chi connectivity index (χ2n) is 5.06. The summed E-state index contributed by atoms with van der Waals surface area (Å²) in [7, 11) is 2.09. The van der Waals surface area contributed by atoms with Crippen molar-refractivity contribution in [3.05, 3.63) is 23.8 Å². The summed E-state index contributed by atoms with van der Waals surface area (Å²) in [6, 6.07) is 4.91. The normalized spacial score (nSPS) is 12.3. The summed E-state index contributed by atoms with van der Waals surface area (Å²) in [6.45, 7) is 3.19. The van der Waals surface area contributed by atoms with E-state index in [4.69, 9.17) is 5.73 Å². The molecule has 5 nitrogen and oxygen atoms in total. The Morgan fingerprint density at radius 2 is 1.74 bits per heavy atom. The van der Waals surface area contributed by atoms with Crippen LogP contribution in [0.4, 0.5) is 5.69 Å². The van der Waals surface area contributed by atoms with Gasteiger partial charge in [0.15, 0.2) is 0 Å². The van der Waals surface area contributed by atoms with Crippen LogP contribution in [-0.2, 0) is 10.0 Å². The van der Waals surface area contributed by atoms with Crippen molar-refractivity contribution < 1.29 is 8.42 Å². The van der Waals surface area contributed by atoms with Crippen LogP contribution < -0.4 is 5.73 Å². The second-order valence-corrected chi connectivity index (χ2v) is 7.11. The van der Waals surface area contributed by atoms with Crippen molar-refractivity contribution in [3.63, 3.8) is 0 Å². The summed E-state index contributed by atoms with van der Waals surface area (Å²) in [6.07, 6.45) is 0.796. The maximum atomic E-state index is 12.4. The maximum Gasteiger partial charge on any atom is 0.242 e. The highest BCUT2D eigenvalue weighted by molar-refractivity contribution is 7.89. The van der Waals surface area contributed by atoms with E-state index in [0.29, 0.717) is 12.2 Å². The van der Waals surface area contributed by atoms with Crippen LogP contribution in [0.3, 0.4) is 0 Å². The molecule has 1 aromatic carbocycles. The SMILES string of the molecule is Cc1cc(N)cc(S(=O)(=O)N(C)CCCN(C)C)c1. The summed E-state index contributed by atoms with van der Waals surface area (Å²) in [4.78, 5) is 2.29. The summed E-state index contributed by atoms with van der Waals surface area (Å²) in [5, 5.41) is 0. The van der Waals surface area contributed by atoms with E-state index in [0.717, 1.165) is 18.5 Å². The van der Waals surface area contributed by atoms with E-state index < -0.39 is 10.0 Å². The first-order valence-corrected chi connectivity index (χ1v) is 7.65. The van der Waals surface area contributed by atoms with Crippen LogP contribution in [0.5, 0.6) is 0 Å². The molecule has 0 atom stereocenters. The number of benzene rings is 1. The number of rotatable bonds is 6. The molecule has 0 saturated carbocycles. The highest BCUT2D eigenvalue weighted by Crippen LogP contribution is 2.19. The zero-order chi connectivity index (χ0) is 14.6. The molecule has 0 aliphatic carbocycles. The fourth-order valence-electron chi connectivity index (χ4n) is 1.84. The van der Waals surface area contributed by atoms with Crippen molar-refractivity contribution in [2.24, 2.45) is 0 Å². The second kappa shape index (κ2) is 6.36. The lowest BCUT2D eigenvalue weighted by molar-refractivity contribution is 0.370. The summed E-state index contributed by atoms with van der Waals surface area (Å²) in [5.74, 6) is 0. The van der Waals surface area contributed by atoms with Crippen molar-refractivity contribution in [2.45, 2.75) is 18.2 Å². The average Bonchev–Trinajstić information content (AvgIpc) is 2.26. The van der Waals surface area contributed by atoms with Crippen molar-refractivity contribution in [2.75, 3.05) is 40.0 Å². The number of nitrogens with zero attached hydrogens (tertiary/aromatic N) is 2. The number of nitrogens with two attached hydrogens (primary N) is 1. The van der Waals surface area contributed by atoms with Crippen LogP contribution >= 0.6 is 0 Å². The van der Waals surface area contributed by atoms with Gasteiger partial charge in [0.2, 0.25) is 10.0 Å².